The molecule has 5 rings (SSSR count). The molecule has 1 N–H and O–H groups in total. The monoisotopic (exact) mass is 312 g/mol. The lowest BCUT2D eigenvalue weighted by atomic mass is 9.97. The standard InChI is InChI=1S/C22H20N2/c1-2-8-18-16(6-1)7-5-9-19(18)17-10-11-21-20(14-17)22(15-23-21)24-12-3-4-13-24/h1-2,5-11,14-15,23H,3-4,12-13H2. The van der Waals surface area contributed by atoms with Gasteiger partial charge >= 0.3 is 0 Å². The number of H-pyrrole nitrogens is 1. The number of nitrogens with zero attached hydrogens (tertiary/aromatic N) is 1. The minimum Gasteiger partial charge on any atom is -0.370 e. The van der Waals surface area contributed by atoms with Crippen LogP contribution in [-0.2, 0) is 0 Å². The van der Waals surface area contributed by atoms with E-state index in [1.165, 1.54) is 64.4 Å². The minimum absolute atomic E-state index is 1.17. The van der Waals surface area contributed by atoms with Crippen LogP contribution in [0.4, 0.5) is 5.69 Å². The van der Waals surface area contributed by atoms with Gasteiger partial charge in [0.25, 0.3) is 0 Å². The maximum atomic E-state index is 3.44. The van der Waals surface area contributed by atoms with Crippen LogP contribution in [0.15, 0.2) is 66.9 Å². The van der Waals surface area contributed by atoms with Gasteiger partial charge < -0.3 is 9.88 Å². The number of anilines is 1. The highest BCUT2D eigenvalue weighted by molar-refractivity contribution is 6.01. The molecule has 0 bridgehead atoms. The first-order valence-electron chi connectivity index (χ1n) is 8.74. The molecule has 0 aliphatic carbocycles. The molecule has 2 nitrogen and oxygen atoms in total. The number of fused-ring (bicyclic) bond motifs is 2. The Kier molecular flexibility index (Phi) is 3.08. The molecule has 1 fully saturated rings. The molecule has 24 heavy (non-hydrogen) atoms. The van der Waals surface area contributed by atoms with E-state index in [0.29, 0.717) is 0 Å². The van der Waals surface area contributed by atoms with Crippen molar-refractivity contribution in [3.8, 4) is 11.1 Å². The third-order valence-corrected chi connectivity index (χ3v) is 5.21. The van der Waals surface area contributed by atoms with Gasteiger partial charge in [0, 0.05) is 30.2 Å². The van der Waals surface area contributed by atoms with Crippen LogP contribution < -0.4 is 4.90 Å². The van der Waals surface area contributed by atoms with E-state index >= 15 is 0 Å². The highest BCUT2D eigenvalue weighted by Gasteiger charge is 2.16. The van der Waals surface area contributed by atoms with Crippen LogP contribution in [0.5, 0.6) is 0 Å². The predicted octanol–water partition coefficient (Wildman–Crippen LogP) is 5.59. The van der Waals surface area contributed by atoms with Gasteiger partial charge in [0.15, 0.2) is 0 Å². The lowest BCUT2D eigenvalue weighted by molar-refractivity contribution is 0.949. The Morgan fingerprint density at radius 1 is 0.792 bits per heavy atom. The van der Waals surface area contributed by atoms with Crippen molar-refractivity contribution in [1.29, 1.82) is 0 Å². The molecule has 118 valence electrons. The number of aromatic amines is 1. The first-order valence-corrected chi connectivity index (χ1v) is 8.74. The summed E-state index contributed by atoms with van der Waals surface area (Å²) in [6.45, 7) is 2.34. The van der Waals surface area contributed by atoms with Gasteiger partial charge in [-0.05, 0) is 46.9 Å². The Hall–Kier alpha value is -2.74. The Balaban J connectivity index is 1.70. The van der Waals surface area contributed by atoms with Crippen LogP contribution >= 0.6 is 0 Å². The molecule has 0 atom stereocenters. The lowest BCUT2D eigenvalue weighted by Gasteiger charge is -2.16. The average Bonchev–Trinajstić information content (AvgIpc) is 3.30. The smallest absolute Gasteiger partial charge is 0.0624 e. The second kappa shape index (κ2) is 5.41. The summed E-state index contributed by atoms with van der Waals surface area (Å²) in [7, 11) is 0. The number of aromatic nitrogens is 1. The molecule has 0 radical (unpaired) electrons. The molecule has 0 amide bonds. The van der Waals surface area contributed by atoms with E-state index in [0.717, 1.165) is 0 Å². The molecular formula is C22H20N2. The first-order chi connectivity index (χ1) is 11.9. The molecule has 2 heteroatoms. The lowest BCUT2D eigenvalue weighted by Crippen LogP contribution is -2.16. The normalized spacial score (nSPS) is 14.8. The molecule has 4 aromatic rings. The molecule has 1 aromatic heterocycles. The van der Waals surface area contributed by atoms with Gasteiger partial charge in [0.2, 0.25) is 0 Å². The summed E-state index contributed by atoms with van der Waals surface area (Å²) in [5.74, 6) is 0. The minimum atomic E-state index is 1.17. The Morgan fingerprint density at radius 3 is 2.54 bits per heavy atom. The van der Waals surface area contributed by atoms with Crippen molar-refractivity contribution in [2.75, 3.05) is 18.0 Å². The van der Waals surface area contributed by atoms with Crippen molar-refractivity contribution in [2.24, 2.45) is 0 Å². The maximum absolute atomic E-state index is 3.44. The number of rotatable bonds is 2. The zero-order valence-corrected chi connectivity index (χ0v) is 13.6. The number of nitrogens with one attached hydrogen (secondary N) is 1. The van der Waals surface area contributed by atoms with Gasteiger partial charge in [-0.3, -0.25) is 0 Å². The summed E-state index contributed by atoms with van der Waals surface area (Å²) in [5, 5.41) is 3.95. The molecule has 0 spiro atoms. The van der Waals surface area contributed by atoms with Crippen molar-refractivity contribution in [1.82, 2.24) is 4.98 Å². The SMILES string of the molecule is c1ccc2c(-c3ccc4[nH]cc(N5CCCC5)c4c3)cccc2c1. The Morgan fingerprint density at radius 2 is 1.62 bits per heavy atom. The van der Waals surface area contributed by atoms with E-state index in [1.54, 1.807) is 0 Å². The quantitative estimate of drug-likeness (QED) is 0.511. The summed E-state index contributed by atoms with van der Waals surface area (Å²) in [5.41, 5.74) is 5.17. The second-order valence-electron chi connectivity index (χ2n) is 6.66. The molecule has 3 aromatic carbocycles. The van der Waals surface area contributed by atoms with Crippen LogP contribution in [0.3, 0.4) is 0 Å². The third-order valence-electron chi connectivity index (χ3n) is 5.21. The van der Waals surface area contributed by atoms with Crippen molar-refractivity contribution in [3.05, 3.63) is 66.9 Å². The molecule has 0 saturated carbocycles. The summed E-state index contributed by atoms with van der Waals surface area (Å²) < 4.78 is 0. The summed E-state index contributed by atoms with van der Waals surface area (Å²) in [4.78, 5) is 5.94. The van der Waals surface area contributed by atoms with Crippen molar-refractivity contribution >= 4 is 27.4 Å². The van der Waals surface area contributed by atoms with Crippen LogP contribution in [0.1, 0.15) is 12.8 Å². The zero-order chi connectivity index (χ0) is 15.9. The highest BCUT2D eigenvalue weighted by atomic mass is 15.2. The number of hydrogen-bond donors (Lipinski definition) is 1. The Labute approximate surface area is 141 Å². The van der Waals surface area contributed by atoms with E-state index in [9.17, 15) is 0 Å². The van der Waals surface area contributed by atoms with Crippen LogP contribution in [0, 0.1) is 0 Å². The van der Waals surface area contributed by atoms with Crippen LogP contribution in [0.25, 0.3) is 32.8 Å². The predicted molar refractivity (Wildman–Crippen MR) is 103 cm³/mol. The molecular weight excluding hydrogens is 292 g/mol. The number of hydrogen-bond acceptors (Lipinski definition) is 1. The second-order valence-corrected chi connectivity index (χ2v) is 6.66. The van der Waals surface area contributed by atoms with E-state index in [4.69, 9.17) is 0 Å². The molecule has 2 heterocycles. The summed E-state index contributed by atoms with van der Waals surface area (Å²) in [6, 6.07) is 22.0. The zero-order valence-electron chi connectivity index (χ0n) is 13.6. The molecule has 1 aliphatic heterocycles. The maximum Gasteiger partial charge on any atom is 0.0624 e. The summed E-state index contributed by atoms with van der Waals surface area (Å²) in [6.07, 6.45) is 4.77. The summed E-state index contributed by atoms with van der Waals surface area (Å²) >= 11 is 0. The van der Waals surface area contributed by atoms with Crippen LogP contribution in [0.2, 0.25) is 0 Å². The number of benzene rings is 3. The topological polar surface area (TPSA) is 19.0 Å². The van der Waals surface area contributed by atoms with E-state index < -0.39 is 0 Å². The van der Waals surface area contributed by atoms with Gasteiger partial charge in [-0.25, -0.2) is 0 Å². The van der Waals surface area contributed by atoms with Gasteiger partial charge in [0.05, 0.1) is 5.69 Å². The molecule has 0 unspecified atom stereocenters. The van der Waals surface area contributed by atoms with Gasteiger partial charge in [-0.2, -0.15) is 0 Å². The van der Waals surface area contributed by atoms with Gasteiger partial charge in [0.1, 0.15) is 0 Å². The fourth-order valence-electron chi connectivity index (χ4n) is 3.97. The molecule has 1 saturated heterocycles. The highest BCUT2D eigenvalue weighted by Crippen LogP contribution is 2.35. The van der Waals surface area contributed by atoms with E-state index in [-0.39, 0.29) is 0 Å². The van der Waals surface area contributed by atoms with Crippen molar-refractivity contribution in [2.45, 2.75) is 12.8 Å². The fraction of sp³-hybridized carbons (Fsp3) is 0.182. The van der Waals surface area contributed by atoms with E-state index in [1.807, 2.05) is 0 Å². The molecule has 1 aliphatic rings. The van der Waals surface area contributed by atoms with Crippen LogP contribution in [-0.4, -0.2) is 18.1 Å². The van der Waals surface area contributed by atoms with Gasteiger partial charge in [-0.1, -0.05) is 48.5 Å². The van der Waals surface area contributed by atoms with Crippen molar-refractivity contribution < 1.29 is 0 Å². The van der Waals surface area contributed by atoms with Crippen molar-refractivity contribution in [3.63, 3.8) is 0 Å². The first kappa shape index (κ1) is 13.7. The largest absolute Gasteiger partial charge is 0.370 e. The van der Waals surface area contributed by atoms with E-state index in [2.05, 4.69) is 76.7 Å². The Bertz CT molecular complexity index is 1020. The fourth-order valence-corrected chi connectivity index (χ4v) is 3.97. The van der Waals surface area contributed by atoms with Gasteiger partial charge in [-0.15, -0.1) is 0 Å². The third kappa shape index (κ3) is 2.10. The average molecular weight is 312 g/mol.